The zero-order chi connectivity index (χ0) is 25.2. The summed E-state index contributed by atoms with van der Waals surface area (Å²) >= 11 is 0. The minimum Gasteiger partial charge on any atom is -0.493 e. The summed E-state index contributed by atoms with van der Waals surface area (Å²) in [7, 11) is 3.26. The van der Waals surface area contributed by atoms with Gasteiger partial charge in [0.25, 0.3) is 0 Å². The van der Waals surface area contributed by atoms with Crippen LogP contribution < -0.4 is 19.5 Å². The maximum atomic E-state index is 12.9. The molecule has 0 bridgehead atoms. The lowest BCUT2D eigenvalue weighted by Crippen LogP contribution is -2.38. The maximum absolute atomic E-state index is 12.9. The number of hydrogen-bond acceptors (Lipinski definition) is 8. The highest BCUT2D eigenvalue weighted by atomic mass is 16.5. The van der Waals surface area contributed by atoms with Gasteiger partial charge in [-0.2, -0.15) is 0 Å². The SMILES string of the molecule is COc1ccc(CC[C@@H](OC(=O)[C@@H]2CCCN2)c2cccc(OCCN3CCOCC3)c2)cc1OC. The number of rotatable bonds is 12. The van der Waals surface area contributed by atoms with E-state index in [1.807, 2.05) is 42.5 Å². The zero-order valence-corrected chi connectivity index (χ0v) is 21.4. The number of nitrogens with one attached hydrogen (secondary N) is 1. The second-order valence-electron chi connectivity index (χ2n) is 9.18. The first-order valence-corrected chi connectivity index (χ1v) is 12.8. The van der Waals surface area contributed by atoms with Gasteiger partial charge in [-0.15, -0.1) is 0 Å². The fourth-order valence-corrected chi connectivity index (χ4v) is 4.66. The first-order valence-electron chi connectivity index (χ1n) is 12.8. The fourth-order valence-electron chi connectivity index (χ4n) is 4.66. The topological polar surface area (TPSA) is 78.5 Å². The number of methoxy groups -OCH3 is 2. The van der Waals surface area contributed by atoms with Crippen LogP contribution in [0, 0.1) is 0 Å². The number of ether oxygens (including phenoxy) is 5. The first-order chi connectivity index (χ1) is 17.7. The zero-order valence-electron chi connectivity index (χ0n) is 21.4. The molecule has 8 heteroatoms. The Balaban J connectivity index is 1.43. The largest absolute Gasteiger partial charge is 0.493 e. The molecule has 196 valence electrons. The standard InChI is InChI=1S/C28H38N2O6/c1-32-26-11-9-21(19-27(26)33-2)8-10-25(36-28(31)24-7-4-12-29-24)22-5-3-6-23(20-22)35-18-15-30-13-16-34-17-14-30/h3,5-6,9,11,19-20,24-25,29H,4,7-8,10,12-18H2,1-2H3/t24-,25+/m0/s1. The van der Waals surface area contributed by atoms with Crippen molar-refractivity contribution >= 4 is 5.97 Å². The van der Waals surface area contributed by atoms with Crippen LogP contribution in [0.5, 0.6) is 17.2 Å². The van der Waals surface area contributed by atoms with Crippen molar-refractivity contribution in [1.29, 1.82) is 0 Å². The molecule has 2 heterocycles. The van der Waals surface area contributed by atoms with Crippen molar-refractivity contribution in [3.63, 3.8) is 0 Å². The van der Waals surface area contributed by atoms with Gasteiger partial charge >= 0.3 is 5.97 Å². The van der Waals surface area contributed by atoms with Gasteiger partial charge in [-0.1, -0.05) is 18.2 Å². The van der Waals surface area contributed by atoms with Crippen molar-refractivity contribution in [2.75, 3.05) is 60.2 Å². The number of carbonyl (C=O) groups excluding carboxylic acids is 1. The van der Waals surface area contributed by atoms with Crippen molar-refractivity contribution in [1.82, 2.24) is 10.2 Å². The van der Waals surface area contributed by atoms with Crippen molar-refractivity contribution in [2.24, 2.45) is 0 Å². The van der Waals surface area contributed by atoms with Crippen LogP contribution >= 0.6 is 0 Å². The Hall–Kier alpha value is -2.81. The summed E-state index contributed by atoms with van der Waals surface area (Å²) in [6.45, 7) is 5.74. The van der Waals surface area contributed by atoms with Crippen molar-refractivity contribution in [3.8, 4) is 17.2 Å². The molecule has 2 fully saturated rings. The van der Waals surface area contributed by atoms with E-state index >= 15 is 0 Å². The second-order valence-corrected chi connectivity index (χ2v) is 9.18. The highest BCUT2D eigenvalue weighted by molar-refractivity contribution is 5.76. The van der Waals surface area contributed by atoms with Crippen molar-refractivity contribution < 1.29 is 28.5 Å². The quantitative estimate of drug-likeness (QED) is 0.447. The van der Waals surface area contributed by atoms with E-state index in [4.69, 9.17) is 23.7 Å². The van der Waals surface area contributed by atoms with E-state index in [2.05, 4.69) is 10.2 Å². The molecule has 2 aliphatic heterocycles. The summed E-state index contributed by atoms with van der Waals surface area (Å²) in [6, 6.07) is 13.6. The average Bonchev–Trinajstić information content (AvgIpc) is 3.47. The Bertz CT molecular complexity index is 972. The molecule has 0 radical (unpaired) electrons. The third-order valence-corrected chi connectivity index (χ3v) is 6.76. The van der Waals surface area contributed by atoms with Crippen molar-refractivity contribution in [3.05, 3.63) is 53.6 Å². The number of esters is 1. The van der Waals surface area contributed by atoms with Gasteiger partial charge in [0.15, 0.2) is 11.5 Å². The molecule has 8 nitrogen and oxygen atoms in total. The summed E-state index contributed by atoms with van der Waals surface area (Å²) in [4.78, 5) is 15.2. The van der Waals surface area contributed by atoms with Gasteiger partial charge in [0.05, 0.1) is 27.4 Å². The molecule has 36 heavy (non-hydrogen) atoms. The normalized spacial score (nSPS) is 19.0. The van der Waals surface area contributed by atoms with Crippen LogP contribution in [0.1, 0.15) is 36.5 Å². The molecule has 2 atom stereocenters. The second kappa shape index (κ2) is 13.5. The van der Waals surface area contributed by atoms with Crippen LogP contribution in [0.25, 0.3) is 0 Å². The average molecular weight is 499 g/mol. The number of benzene rings is 2. The Labute approximate surface area is 213 Å². The third kappa shape index (κ3) is 7.35. The Morgan fingerprint density at radius 1 is 1.11 bits per heavy atom. The van der Waals surface area contributed by atoms with Crippen LogP contribution in [0.2, 0.25) is 0 Å². The van der Waals surface area contributed by atoms with E-state index in [1.165, 1.54) is 0 Å². The lowest BCUT2D eigenvalue weighted by molar-refractivity contribution is -0.152. The summed E-state index contributed by atoms with van der Waals surface area (Å²) in [6.07, 6.45) is 2.79. The van der Waals surface area contributed by atoms with Crippen molar-refractivity contribution in [2.45, 2.75) is 37.8 Å². The molecule has 2 aromatic rings. The van der Waals surface area contributed by atoms with E-state index in [9.17, 15) is 4.79 Å². The molecule has 0 saturated carbocycles. The smallest absolute Gasteiger partial charge is 0.323 e. The van der Waals surface area contributed by atoms with Crippen LogP contribution in [-0.2, 0) is 20.7 Å². The highest BCUT2D eigenvalue weighted by Gasteiger charge is 2.27. The van der Waals surface area contributed by atoms with Crippen LogP contribution in [-0.4, -0.2) is 77.1 Å². The number of aryl methyl sites for hydroxylation is 1. The summed E-state index contributed by atoms with van der Waals surface area (Å²) in [5, 5.41) is 3.24. The summed E-state index contributed by atoms with van der Waals surface area (Å²) < 4.78 is 28.3. The predicted molar refractivity (Wildman–Crippen MR) is 137 cm³/mol. The van der Waals surface area contributed by atoms with Crippen LogP contribution in [0.4, 0.5) is 0 Å². The maximum Gasteiger partial charge on any atom is 0.323 e. The van der Waals surface area contributed by atoms with Gasteiger partial charge < -0.3 is 29.0 Å². The highest BCUT2D eigenvalue weighted by Crippen LogP contribution is 2.31. The van der Waals surface area contributed by atoms with E-state index in [-0.39, 0.29) is 18.1 Å². The van der Waals surface area contributed by atoms with Gasteiger partial charge in [0, 0.05) is 19.6 Å². The molecule has 0 aromatic heterocycles. The minimum absolute atomic E-state index is 0.191. The van der Waals surface area contributed by atoms with E-state index in [0.29, 0.717) is 24.5 Å². The number of carbonyl (C=O) groups is 1. The molecule has 2 aliphatic rings. The molecule has 0 amide bonds. The molecule has 2 aromatic carbocycles. The first kappa shape index (κ1) is 26.3. The number of hydrogen-bond donors (Lipinski definition) is 1. The lowest BCUT2D eigenvalue weighted by atomic mass is 10.0. The Morgan fingerprint density at radius 3 is 2.69 bits per heavy atom. The monoisotopic (exact) mass is 498 g/mol. The van der Waals surface area contributed by atoms with Gasteiger partial charge in [-0.3, -0.25) is 9.69 Å². The summed E-state index contributed by atoms with van der Waals surface area (Å²) in [5.74, 6) is 1.98. The third-order valence-electron chi connectivity index (χ3n) is 6.76. The summed E-state index contributed by atoms with van der Waals surface area (Å²) in [5.41, 5.74) is 2.02. The molecular formula is C28H38N2O6. The van der Waals surface area contributed by atoms with Gasteiger partial charge in [-0.05, 0) is 67.6 Å². The molecule has 0 unspecified atom stereocenters. The predicted octanol–water partition coefficient (Wildman–Crippen LogP) is 3.38. The molecule has 0 aliphatic carbocycles. The van der Waals surface area contributed by atoms with Gasteiger partial charge in [-0.25, -0.2) is 0 Å². The lowest BCUT2D eigenvalue weighted by Gasteiger charge is -2.26. The van der Waals surface area contributed by atoms with Gasteiger partial charge in [0.2, 0.25) is 0 Å². The molecule has 1 N–H and O–H groups in total. The molecule has 0 spiro atoms. The van der Waals surface area contributed by atoms with Crippen LogP contribution in [0.3, 0.4) is 0 Å². The van der Waals surface area contributed by atoms with E-state index in [1.54, 1.807) is 14.2 Å². The van der Waals surface area contributed by atoms with E-state index < -0.39 is 0 Å². The molecular weight excluding hydrogens is 460 g/mol. The van der Waals surface area contributed by atoms with E-state index in [0.717, 1.165) is 75.5 Å². The Morgan fingerprint density at radius 2 is 1.94 bits per heavy atom. The fraction of sp³-hybridized carbons (Fsp3) is 0.536. The Kier molecular flexibility index (Phi) is 9.84. The molecule has 4 rings (SSSR count). The molecule has 2 saturated heterocycles. The van der Waals surface area contributed by atoms with Gasteiger partial charge in [0.1, 0.15) is 24.5 Å². The number of morpholine rings is 1. The minimum atomic E-state index is -0.379. The number of nitrogens with zero attached hydrogens (tertiary/aromatic N) is 1. The van der Waals surface area contributed by atoms with Crippen LogP contribution in [0.15, 0.2) is 42.5 Å².